The van der Waals surface area contributed by atoms with Gasteiger partial charge in [0, 0.05) is 154 Å². The number of fused-ring (bicyclic) bond motifs is 10. The first-order valence-corrected chi connectivity index (χ1v) is 37.7. The minimum Gasteiger partial charge on any atom is -0.471 e. The number of benzene rings is 10. The number of anilines is 6. The van der Waals surface area contributed by atoms with E-state index in [4.69, 9.17) is 4.74 Å². The van der Waals surface area contributed by atoms with E-state index in [1.165, 1.54) is 131 Å². The highest BCUT2D eigenvalue weighted by molar-refractivity contribution is 7.97. The molecule has 4 N–H and O–H groups in total. The molecule has 0 fully saturated rings. The molecule has 10 heterocycles. The summed E-state index contributed by atoms with van der Waals surface area (Å²) in [7, 11) is 21.1. The molecule has 10 aromatic carbocycles. The van der Waals surface area contributed by atoms with Crippen LogP contribution in [0.15, 0.2) is 260 Å². The summed E-state index contributed by atoms with van der Waals surface area (Å²) in [5.74, 6) is 0.991. The molecule has 15 nitrogen and oxygen atoms in total. The van der Waals surface area contributed by atoms with Crippen molar-refractivity contribution in [2.24, 2.45) is 7.05 Å². The Hall–Kier alpha value is -9.59. The third kappa shape index (κ3) is 22.2. The van der Waals surface area contributed by atoms with E-state index in [-0.39, 0.29) is 0 Å². The highest BCUT2D eigenvalue weighted by atomic mass is 32.2. The maximum absolute atomic E-state index is 5.34. The molecular weight excluding hydrogens is 1310 g/mol. The number of aryl methyl sites for hydroxylation is 1. The Bertz CT molecular complexity index is 4140. The first-order chi connectivity index (χ1) is 51.2. The average molecular weight is 1420 g/mol. The number of hydrazine groups is 1. The van der Waals surface area contributed by atoms with Gasteiger partial charge in [0.15, 0.2) is 6.73 Å². The van der Waals surface area contributed by atoms with Gasteiger partial charge in [-0.25, -0.2) is 9.31 Å². The van der Waals surface area contributed by atoms with Crippen molar-refractivity contribution in [3.63, 3.8) is 0 Å². The molecule has 548 valence electrons. The third-order valence-corrected chi connectivity index (χ3v) is 20.8. The van der Waals surface area contributed by atoms with Gasteiger partial charge < -0.3 is 44.4 Å². The summed E-state index contributed by atoms with van der Waals surface area (Å²) >= 11 is 1.82. The maximum Gasteiger partial charge on any atom is 0.161 e. The largest absolute Gasteiger partial charge is 0.471 e. The van der Waals surface area contributed by atoms with Gasteiger partial charge in [0.05, 0.1) is 30.4 Å². The van der Waals surface area contributed by atoms with Gasteiger partial charge in [0.2, 0.25) is 0 Å². The van der Waals surface area contributed by atoms with E-state index in [0.29, 0.717) is 6.73 Å². The molecule has 0 unspecified atom stereocenters. The number of nitrogens with zero attached hydrogens (tertiary/aromatic N) is 10. The Labute approximate surface area is 630 Å². The lowest BCUT2D eigenvalue weighted by atomic mass is 10.0. The lowest BCUT2D eigenvalue weighted by molar-refractivity contribution is 0.205. The molecule has 0 saturated carbocycles. The van der Waals surface area contributed by atoms with Crippen LogP contribution in [0.3, 0.4) is 0 Å². The van der Waals surface area contributed by atoms with Crippen LogP contribution >= 0.6 is 11.9 Å². The quantitative estimate of drug-likeness (QED) is 0.109. The summed E-state index contributed by atoms with van der Waals surface area (Å²) in [5.41, 5.74) is 26.9. The monoisotopic (exact) mass is 1420 g/mol. The van der Waals surface area contributed by atoms with Gasteiger partial charge in [-0.2, -0.15) is 0 Å². The number of nitrogens with one attached hydrogen (secondary N) is 4. The van der Waals surface area contributed by atoms with Crippen LogP contribution in [0.1, 0.15) is 55.6 Å². The Kier molecular flexibility index (Phi) is 28.4. The fraction of sp³-hybridized carbons (Fsp3) is 0.303. The molecule has 1 aromatic heterocycles. The van der Waals surface area contributed by atoms with Crippen LogP contribution in [0.5, 0.6) is 5.75 Å². The molecule has 0 spiro atoms. The standard InChI is InChI=1S/C10H13N.4C9H12N2.2C9H11N.C9H9N.C8H9NO.C8H9NS/c1-11-7-6-9-4-2-3-5-10(9)8-11;1-11-6-8-4-2-3-5-9(8)10-7-11;1-11-7-10-6-8-4-2-3-5-9(8)11;1-11-7-9-5-3-2-4-8(9)6-10-11;1-11-7-6-10-8-4-2-3-5-9(8)11;1-10-6-8-4-2-3-5-9(8)7-10;2*1-10-7-6-8-4-2-3-5-9(8)10;1-9-6-10-8-5-3-2-4-7(8)9;1-9-6-7-4-2-3-5-8(7)10-9/h2-5H,6-8H2,1H3;4*2-5,10H,6-7H2,1H3;2*2-5H,6-7H2,1H3;2-7H,1H3;2*2-5H,6H2,1H3. The van der Waals surface area contributed by atoms with E-state index in [2.05, 4.69) is 370 Å². The highest BCUT2D eigenvalue weighted by Crippen LogP contribution is 2.35. The number of hydrogen-bond donors (Lipinski definition) is 4. The molecule has 9 aliphatic rings. The van der Waals surface area contributed by atoms with Gasteiger partial charge in [-0.1, -0.05) is 188 Å². The van der Waals surface area contributed by atoms with Crippen LogP contribution < -0.4 is 45.7 Å². The van der Waals surface area contributed by atoms with Crippen molar-refractivity contribution < 1.29 is 4.74 Å². The normalized spacial score (nSPS) is 16.1. The molecule has 0 bridgehead atoms. The third-order valence-electron chi connectivity index (χ3n) is 19.8. The highest BCUT2D eigenvalue weighted by Gasteiger charge is 2.19. The second-order valence-electron chi connectivity index (χ2n) is 28.2. The fourth-order valence-electron chi connectivity index (χ4n) is 13.9. The van der Waals surface area contributed by atoms with E-state index in [0.717, 1.165) is 84.5 Å². The second kappa shape index (κ2) is 39.0. The van der Waals surface area contributed by atoms with E-state index in [9.17, 15) is 0 Å². The van der Waals surface area contributed by atoms with Crippen molar-refractivity contribution in [1.82, 2.24) is 39.3 Å². The molecule has 0 amide bonds. The zero-order chi connectivity index (χ0) is 73.3. The van der Waals surface area contributed by atoms with E-state index >= 15 is 0 Å². The smallest absolute Gasteiger partial charge is 0.161 e. The molecule has 16 heteroatoms. The van der Waals surface area contributed by atoms with E-state index in [1.807, 2.05) is 37.2 Å². The van der Waals surface area contributed by atoms with Crippen molar-refractivity contribution in [2.75, 3.05) is 140 Å². The molecule has 0 atom stereocenters. The van der Waals surface area contributed by atoms with E-state index in [1.54, 1.807) is 0 Å². The molecular formula is C89H110N14OS. The minimum absolute atomic E-state index is 0.680. The SMILES string of the molecule is CN1CCNc2ccccc21.CN1CCc2ccccc21.CN1CCc2ccccc2C1.CN1CNCc2ccccc21.CN1CNc2ccccc2C1.CN1COc2ccccc21.CN1Cc2ccccc2C1.CN1Cc2ccccc2CN1.CN1Cc2ccccc2S1.Cn1ccc2ccccc21. The molecule has 9 aliphatic heterocycles. The van der Waals surface area contributed by atoms with Gasteiger partial charge in [-0.15, -0.1) is 0 Å². The second-order valence-corrected chi connectivity index (χ2v) is 29.4. The average Bonchev–Trinajstić information content (AvgIpc) is 1.12. The van der Waals surface area contributed by atoms with Crippen molar-refractivity contribution in [3.05, 3.63) is 311 Å². The molecule has 0 saturated heterocycles. The predicted molar refractivity (Wildman–Crippen MR) is 444 cm³/mol. The Morgan fingerprint density at radius 2 is 0.857 bits per heavy atom. The Balaban J connectivity index is 0.000000117. The predicted octanol–water partition coefficient (Wildman–Crippen LogP) is 16.1. The van der Waals surface area contributed by atoms with Gasteiger partial charge in [-0.3, -0.25) is 20.5 Å². The number of hydrogen-bond acceptors (Lipinski definition) is 15. The Morgan fingerprint density at radius 1 is 0.343 bits per heavy atom. The lowest BCUT2D eigenvalue weighted by Crippen LogP contribution is -2.37. The van der Waals surface area contributed by atoms with Crippen LogP contribution in [0, 0.1) is 0 Å². The summed E-state index contributed by atoms with van der Waals surface area (Å²) < 4.78 is 9.70. The first kappa shape index (κ1) is 76.5. The summed E-state index contributed by atoms with van der Waals surface area (Å²) in [4.78, 5) is 17.2. The minimum atomic E-state index is 0.680. The van der Waals surface area contributed by atoms with Crippen LogP contribution in [0.25, 0.3) is 10.9 Å². The van der Waals surface area contributed by atoms with Crippen molar-refractivity contribution >= 4 is 57.0 Å². The summed E-state index contributed by atoms with van der Waals surface area (Å²) in [6, 6.07) is 86.9. The van der Waals surface area contributed by atoms with Crippen LogP contribution in [0.2, 0.25) is 0 Å². The number of para-hydroxylation sites is 8. The van der Waals surface area contributed by atoms with Crippen molar-refractivity contribution in [1.29, 1.82) is 0 Å². The van der Waals surface area contributed by atoms with Crippen LogP contribution in [-0.2, 0) is 72.2 Å². The van der Waals surface area contributed by atoms with Gasteiger partial charge in [0.25, 0.3) is 0 Å². The zero-order valence-electron chi connectivity index (χ0n) is 63.6. The number of ether oxygens (including phenoxy) is 1. The summed E-state index contributed by atoms with van der Waals surface area (Å²) in [5, 5.41) is 13.4. The molecule has 0 radical (unpaired) electrons. The first-order valence-electron chi connectivity index (χ1n) is 36.9. The molecule has 0 aliphatic carbocycles. The number of aromatic nitrogens is 1. The maximum atomic E-state index is 5.34. The zero-order valence-corrected chi connectivity index (χ0v) is 64.4. The number of rotatable bonds is 0. The van der Waals surface area contributed by atoms with E-state index < -0.39 is 0 Å². The molecule has 20 rings (SSSR count). The van der Waals surface area contributed by atoms with Crippen molar-refractivity contribution in [2.45, 2.75) is 70.1 Å². The van der Waals surface area contributed by atoms with Crippen LogP contribution in [0.4, 0.5) is 34.1 Å². The topological polar surface area (TPSA) is 91.4 Å². The molecule has 105 heavy (non-hydrogen) atoms. The van der Waals surface area contributed by atoms with Gasteiger partial charge in [0.1, 0.15) is 5.75 Å². The Morgan fingerprint density at radius 3 is 1.52 bits per heavy atom. The van der Waals surface area contributed by atoms with Crippen molar-refractivity contribution in [3.8, 4) is 5.75 Å². The van der Waals surface area contributed by atoms with Gasteiger partial charge in [-0.05, 0) is 175 Å². The molecule has 11 aromatic rings. The number of likely N-dealkylation sites (N-methyl/N-ethyl adjacent to an activating group) is 3. The fourth-order valence-corrected chi connectivity index (χ4v) is 14.8. The van der Waals surface area contributed by atoms with Gasteiger partial charge >= 0.3 is 0 Å². The lowest BCUT2D eigenvalue weighted by Gasteiger charge is -2.28. The summed E-state index contributed by atoms with van der Waals surface area (Å²) in [6.45, 7) is 15.6. The van der Waals surface area contributed by atoms with Crippen LogP contribution in [-0.4, -0.2) is 138 Å². The summed E-state index contributed by atoms with van der Waals surface area (Å²) in [6.07, 6.45) is 4.50.